The Balaban J connectivity index is 1.92. The summed E-state index contributed by atoms with van der Waals surface area (Å²) in [6.45, 7) is 5.03. The van der Waals surface area contributed by atoms with E-state index in [1.807, 2.05) is 6.92 Å². The van der Waals surface area contributed by atoms with Crippen molar-refractivity contribution >= 4 is 0 Å². The molecule has 0 aliphatic heterocycles. The lowest BCUT2D eigenvalue weighted by molar-refractivity contribution is 0.00639. The van der Waals surface area contributed by atoms with Crippen molar-refractivity contribution in [2.45, 2.75) is 19.6 Å². The molecule has 1 atom stereocenters. The standard InChI is InChI=1S/C11H20N2O4/c1-2-15-5-6-16-9-11(14)8-12-7-10-3-4-17-13-10/h3-4,11-12,14H,2,5-9H2,1H3. The molecule has 0 amide bonds. The van der Waals surface area contributed by atoms with Gasteiger partial charge in [0.1, 0.15) is 6.26 Å². The molecule has 17 heavy (non-hydrogen) atoms. The Hall–Kier alpha value is -0.950. The SMILES string of the molecule is CCOCCOCC(O)CNCc1ccon1. The molecule has 6 heteroatoms. The maximum atomic E-state index is 9.56. The van der Waals surface area contributed by atoms with Crippen LogP contribution in [-0.4, -0.2) is 49.3 Å². The minimum absolute atomic E-state index is 0.304. The summed E-state index contributed by atoms with van der Waals surface area (Å²) in [5.74, 6) is 0. The van der Waals surface area contributed by atoms with Crippen LogP contribution in [0.1, 0.15) is 12.6 Å². The van der Waals surface area contributed by atoms with Crippen LogP contribution < -0.4 is 5.32 Å². The van der Waals surface area contributed by atoms with E-state index in [4.69, 9.17) is 9.47 Å². The number of nitrogens with one attached hydrogen (secondary N) is 1. The van der Waals surface area contributed by atoms with Gasteiger partial charge in [-0.1, -0.05) is 5.16 Å². The van der Waals surface area contributed by atoms with Gasteiger partial charge in [-0.3, -0.25) is 0 Å². The number of aliphatic hydroxyl groups is 1. The molecule has 0 bridgehead atoms. The summed E-state index contributed by atoms with van der Waals surface area (Å²) >= 11 is 0. The van der Waals surface area contributed by atoms with E-state index in [-0.39, 0.29) is 0 Å². The van der Waals surface area contributed by atoms with Crippen molar-refractivity contribution in [2.75, 3.05) is 33.0 Å². The van der Waals surface area contributed by atoms with Gasteiger partial charge in [-0.15, -0.1) is 0 Å². The van der Waals surface area contributed by atoms with Crippen molar-refractivity contribution in [3.8, 4) is 0 Å². The normalized spacial score (nSPS) is 12.8. The quantitative estimate of drug-likeness (QED) is 0.572. The van der Waals surface area contributed by atoms with E-state index >= 15 is 0 Å². The highest BCUT2D eigenvalue weighted by atomic mass is 16.5. The number of nitrogens with zero attached hydrogens (tertiary/aromatic N) is 1. The Morgan fingerprint density at radius 1 is 1.47 bits per heavy atom. The molecule has 6 nitrogen and oxygen atoms in total. The minimum atomic E-state index is -0.525. The first-order valence-corrected chi connectivity index (χ1v) is 5.76. The van der Waals surface area contributed by atoms with E-state index in [1.165, 1.54) is 6.26 Å². The molecular weight excluding hydrogens is 224 g/mol. The van der Waals surface area contributed by atoms with Gasteiger partial charge < -0.3 is 24.4 Å². The maximum Gasteiger partial charge on any atom is 0.124 e. The summed E-state index contributed by atoms with van der Waals surface area (Å²) in [5, 5.41) is 16.4. The molecule has 0 aliphatic rings. The van der Waals surface area contributed by atoms with Crippen LogP contribution in [0.3, 0.4) is 0 Å². The first kappa shape index (κ1) is 14.1. The van der Waals surface area contributed by atoms with Gasteiger partial charge in [0.2, 0.25) is 0 Å². The Kier molecular flexibility index (Phi) is 7.57. The number of ether oxygens (including phenoxy) is 2. The zero-order valence-corrected chi connectivity index (χ0v) is 10.1. The summed E-state index contributed by atoms with van der Waals surface area (Å²) in [4.78, 5) is 0. The predicted molar refractivity (Wildman–Crippen MR) is 61.5 cm³/mol. The lowest BCUT2D eigenvalue weighted by Gasteiger charge is -2.11. The van der Waals surface area contributed by atoms with Crippen LogP contribution in [-0.2, 0) is 16.0 Å². The first-order valence-electron chi connectivity index (χ1n) is 5.76. The second-order valence-corrected chi connectivity index (χ2v) is 3.55. The number of hydrogen-bond acceptors (Lipinski definition) is 6. The third kappa shape index (κ3) is 7.06. The van der Waals surface area contributed by atoms with Gasteiger partial charge in [-0.05, 0) is 6.92 Å². The van der Waals surface area contributed by atoms with Gasteiger partial charge in [0.05, 0.1) is 31.6 Å². The van der Waals surface area contributed by atoms with Crippen LogP contribution in [0.4, 0.5) is 0 Å². The van der Waals surface area contributed by atoms with E-state index in [9.17, 15) is 5.11 Å². The highest BCUT2D eigenvalue weighted by Crippen LogP contribution is 1.93. The Bertz CT molecular complexity index is 266. The summed E-state index contributed by atoms with van der Waals surface area (Å²) in [6, 6.07) is 1.78. The van der Waals surface area contributed by atoms with E-state index in [2.05, 4.69) is 15.0 Å². The molecule has 0 radical (unpaired) electrons. The zero-order valence-electron chi connectivity index (χ0n) is 10.1. The third-order valence-corrected chi connectivity index (χ3v) is 2.06. The Morgan fingerprint density at radius 2 is 2.29 bits per heavy atom. The van der Waals surface area contributed by atoms with Gasteiger partial charge in [0.25, 0.3) is 0 Å². The molecule has 0 saturated carbocycles. The molecule has 1 unspecified atom stereocenters. The number of aromatic nitrogens is 1. The molecule has 1 aromatic rings. The molecular formula is C11H20N2O4. The second kappa shape index (κ2) is 9.12. The van der Waals surface area contributed by atoms with Crippen LogP contribution in [0.15, 0.2) is 16.9 Å². The van der Waals surface area contributed by atoms with Crippen molar-refractivity contribution in [3.05, 3.63) is 18.0 Å². The summed E-state index contributed by atoms with van der Waals surface area (Å²) in [6.07, 6.45) is 0.994. The third-order valence-electron chi connectivity index (χ3n) is 2.06. The lowest BCUT2D eigenvalue weighted by Crippen LogP contribution is -2.30. The summed E-state index contributed by atoms with van der Waals surface area (Å²) in [7, 11) is 0. The molecule has 0 spiro atoms. The van der Waals surface area contributed by atoms with E-state index in [0.717, 1.165) is 5.69 Å². The van der Waals surface area contributed by atoms with Crippen LogP contribution in [0.5, 0.6) is 0 Å². The summed E-state index contributed by atoms with van der Waals surface area (Å²) in [5.41, 5.74) is 0.814. The molecule has 1 heterocycles. The lowest BCUT2D eigenvalue weighted by atomic mass is 10.3. The van der Waals surface area contributed by atoms with Gasteiger partial charge in [-0.25, -0.2) is 0 Å². The first-order chi connectivity index (χ1) is 8.33. The van der Waals surface area contributed by atoms with E-state index < -0.39 is 6.10 Å². The zero-order chi connectivity index (χ0) is 12.3. The number of aliphatic hydroxyl groups excluding tert-OH is 1. The molecule has 98 valence electrons. The molecule has 0 fully saturated rings. The van der Waals surface area contributed by atoms with E-state index in [1.54, 1.807) is 6.07 Å². The topological polar surface area (TPSA) is 76.8 Å². The predicted octanol–water partition coefficient (Wildman–Crippen LogP) is 0.178. The van der Waals surface area contributed by atoms with E-state index in [0.29, 0.717) is 39.5 Å². The summed E-state index contributed by atoms with van der Waals surface area (Å²) < 4.78 is 15.0. The molecule has 0 aliphatic carbocycles. The van der Waals surface area contributed by atoms with Crippen LogP contribution in [0.2, 0.25) is 0 Å². The average molecular weight is 244 g/mol. The Morgan fingerprint density at radius 3 is 3.00 bits per heavy atom. The maximum absolute atomic E-state index is 9.56. The fraction of sp³-hybridized carbons (Fsp3) is 0.727. The molecule has 1 aromatic heterocycles. The molecule has 0 saturated heterocycles. The Labute approximate surface area is 101 Å². The van der Waals surface area contributed by atoms with Crippen molar-refractivity contribution in [2.24, 2.45) is 0 Å². The average Bonchev–Trinajstić information content (AvgIpc) is 2.82. The van der Waals surface area contributed by atoms with Crippen molar-refractivity contribution < 1.29 is 19.1 Å². The molecule has 2 N–H and O–H groups in total. The van der Waals surface area contributed by atoms with Crippen molar-refractivity contribution in [1.82, 2.24) is 10.5 Å². The molecule has 0 aromatic carbocycles. The number of hydrogen-bond donors (Lipinski definition) is 2. The molecule has 1 rings (SSSR count). The largest absolute Gasteiger partial charge is 0.389 e. The monoisotopic (exact) mass is 244 g/mol. The van der Waals surface area contributed by atoms with Gasteiger partial charge in [0, 0.05) is 25.8 Å². The van der Waals surface area contributed by atoms with Crippen LogP contribution in [0, 0.1) is 0 Å². The number of rotatable bonds is 10. The highest BCUT2D eigenvalue weighted by molar-refractivity contribution is 4.94. The van der Waals surface area contributed by atoms with Crippen molar-refractivity contribution in [3.63, 3.8) is 0 Å². The fourth-order valence-corrected chi connectivity index (χ4v) is 1.24. The van der Waals surface area contributed by atoms with Gasteiger partial charge >= 0.3 is 0 Å². The minimum Gasteiger partial charge on any atom is -0.389 e. The van der Waals surface area contributed by atoms with Crippen molar-refractivity contribution in [1.29, 1.82) is 0 Å². The van der Waals surface area contributed by atoms with Gasteiger partial charge in [-0.2, -0.15) is 0 Å². The smallest absolute Gasteiger partial charge is 0.124 e. The van der Waals surface area contributed by atoms with Crippen LogP contribution in [0.25, 0.3) is 0 Å². The van der Waals surface area contributed by atoms with Gasteiger partial charge in [0.15, 0.2) is 0 Å². The highest BCUT2D eigenvalue weighted by Gasteiger charge is 2.04. The second-order valence-electron chi connectivity index (χ2n) is 3.55. The van der Waals surface area contributed by atoms with Crippen LogP contribution >= 0.6 is 0 Å². The fourth-order valence-electron chi connectivity index (χ4n) is 1.24.